The number of thiocarbonyl (C=S) groups is 1. The molecule has 0 spiro atoms. The van der Waals surface area contributed by atoms with Gasteiger partial charge in [0.2, 0.25) is 0 Å². The predicted molar refractivity (Wildman–Crippen MR) is 150 cm³/mol. The molecule has 190 valence electrons. The zero-order chi connectivity index (χ0) is 26.8. The zero-order valence-corrected chi connectivity index (χ0v) is 21.6. The van der Waals surface area contributed by atoms with Gasteiger partial charge in [-0.25, -0.2) is 4.68 Å². The van der Waals surface area contributed by atoms with E-state index in [1.165, 1.54) is 24.3 Å². The van der Waals surface area contributed by atoms with Gasteiger partial charge in [0.25, 0.3) is 11.6 Å². The second-order valence-electron chi connectivity index (χ2n) is 8.55. The number of carbonyl (C=O) groups is 1. The standard InChI is InChI=1S/C27H21ClN6O3S/c1-16-23(26(35)30-19-11-13-21(14-12-19)34(36)37)25(31-27(38)29-16)22-15-33(20-5-3-2-4-6-20)32-24(22)17-7-9-18(28)10-8-17/h2-15,25H,1H3,(H,30,35)(H2,29,31,38)/t25-/m1/s1. The topological polar surface area (TPSA) is 114 Å². The lowest BCUT2D eigenvalue weighted by atomic mass is 9.93. The van der Waals surface area contributed by atoms with Gasteiger partial charge in [0.15, 0.2) is 5.11 Å². The highest BCUT2D eigenvalue weighted by Crippen LogP contribution is 2.35. The van der Waals surface area contributed by atoms with Crippen LogP contribution in [-0.4, -0.2) is 25.7 Å². The van der Waals surface area contributed by atoms with E-state index in [9.17, 15) is 14.9 Å². The number of amides is 1. The third-order valence-corrected chi connectivity index (χ3v) is 6.51. The molecule has 0 fully saturated rings. The minimum Gasteiger partial charge on any atom is -0.351 e. The Balaban J connectivity index is 1.58. The average molecular weight is 545 g/mol. The first-order valence-corrected chi connectivity index (χ1v) is 12.3. The summed E-state index contributed by atoms with van der Waals surface area (Å²) in [5, 5.41) is 25.9. The minimum atomic E-state index is -0.634. The average Bonchev–Trinajstić information content (AvgIpc) is 3.35. The highest BCUT2D eigenvalue weighted by Gasteiger charge is 2.33. The fourth-order valence-electron chi connectivity index (χ4n) is 4.24. The van der Waals surface area contributed by atoms with Crippen molar-refractivity contribution in [3.63, 3.8) is 0 Å². The molecule has 1 amide bonds. The Morgan fingerprint density at radius 1 is 1.08 bits per heavy atom. The second-order valence-corrected chi connectivity index (χ2v) is 9.39. The monoisotopic (exact) mass is 544 g/mol. The molecule has 1 atom stereocenters. The third-order valence-electron chi connectivity index (χ3n) is 6.04. The van der Waals surface area contributed by atoms with Crippen LogP contribution in [0.2, 0.25) is 5.02 Å². The fraction of sp³-hybridized carbons (Fsp3) is 0.0741. The smallest absolute Gasteiger partial charge is 0.269 e. The quantitative estimate of drug-likeness (QED) is 0.166. The third kappa shape index (κ3) is 5.13. The van der Waals surface area contributed by atoms with E-state index < -0.39 is 16.9 Å². The number of nitrogens with one attached hydrogen (secondary N) is 3. The first-order valence-electron chi connectivity index (χ1n) is 11.5. The largest absolute Gasteiger partial charge is 0.351 e. The number of carbonyl (C=O) groups excluding carboxylic acids is 1. The molecule has 5 rings (SSSR count). The highest BCUT2D eigenvalue weighted by molar-refractivity contribution is 7.80. The Kier molecular flexibility index (Phi) is 6.91. The van der Waals surface area contributed by atoms with Crippen molar-refractivity contribution in [3.05, 3.63) is 117 Å². The maximum atomic E-state index is 13.6. The molecular formula is C27H21ClN6O3S. The van der Waals surface area contributed by atoms with Gasteiger partial charge in [-0.05, 0) is 55.5 Å². The summed E-state index contributed by atoms with van der Waals surface area (Å²) in [6.07, 6.45) is 1.87. The highest BCUT2D eigenvalue weighted by atomic mass is 35.5. The van der Waals surface area contributed by atoms with Gasteiger partial charge < -0.3 is 16.0 Å². The number of hydrogen-bond acceptors (Lipinski definition) is 5. The summed E-state index contributed by atoms with van der Waals surface area (Å²) in [6, 6.07) is 22.0. The number of allylic oxidation sites excluding steroid dienone is 1. The summed E-state index contributed by atoms with van der Waals surface area (Å²) in [7, 11) is 0. The second kappa shape index (κ2) is 10.4. The number of nitrogens with zero attached hydrogens (tertiary/aromatic N) is 3. The minimum absolute atomic E-state index is 0.0662. The number of nitro benzene ring substituents is 1. The molecule has 0 bridgehead atoms. The predicted octanol–water partition coefficient (Wildman–Crippen LogP) is 5.53. The van der Waals surface area contributed by atoms with E-state index in [4.69, 9.17) is 28.9 Å². The summed E-state index contributed by atoms with van der Waals surface area (Å²) in [4.78, 5) is 24.1. The molecule has 0 radical (unpaired) electrons. The van der Waals surface area contributed by atoms with Crippen molar-refractivity contribution in [1.82, 2.24) is 20.4 Å². The summed E-state index contributed by atoms with van der Waals surface area (Å²) < 4.78 is 1.76. The summed E-state index contributed by atoms with van der Waals surface area (Å²) >= 11 is 11.6. The van der Waals surface area contributed by atoms with Gasteiger partial charge in [-0.3, -0.25) is 14.9 Å². The molecule has 1 aromatic heterocycles. The fourth-order valence-corrected chi connectivity index (χ4v) is 4.63. The molecule has 0 saturated heterocycles. The van der Waals surface area contributed by atoms with Gasteiger partial charge in [0.05, 0.1) is 27.9 Å². The van der Waals surface area contributed by atoms with Crippen LogP contribution in [0.4, 0.5) is 11.4 Å². The first kappa shape index (κ1) is 25.1. The molecule has 4 aromatic rings. The number of aromatic nitrogens is 2. The van der Waals surface area contributed by atoms with Crippen molar-refractivity contribution < 1.29 is 9.72 Å². The molecule has 1 aliphatic heterocycles. The van der Waals surface area contributed by atoms with Crippen LogP contribution in [0, 0.1) is 10.1 Å². The lowest BCUT2D eigenvalue weighted by Crippen LogP contribution is -2.45. The SMILES string of the molecule is CC1=C(C(=O)Nc2ccc([N+](=O)[O-])cc2)[C@@H](c2cn(-c3ccccc3)nc2-c2ccc(Cl)cc2)NC(=S)N1. The molecule has 11 heteroatoms. The molecule has 9 nitrogen and oxygen atoms in total. The van der Waals surface area contributed by atoms with Crippen molar-refractivity contribution in [1.29, 1.82) is 0 Å². The van der Waals surface area contributed by atoms with E-state index in [2.05, 4.69) is 16.0 Å². The number of non-ortho nitro benzene ring substituents is 1. The van der Waals surface area contributed by atoms with Crippen molar-refractivity contribution in [3.8, 4) is 16.9 Å². The first-order chi connectivity index (χ1) is 18.3. The van der Waals surface area contributed by atoms with E-state index in [-0.39, 0.29) is 5.69 Å². The van der Waals surface area contributed by atoms with Gasteiger partial charge >= 0.3 is 0 Å². The summed E-state index contributed by atoms with van der Waals surface area (Å²) in [5.74, 6) is -0.390. The van der Waals surface area contributed by atoms with Gasteiger partial charge in [-0.15, -0.1) is 0 Å². The summed E-state index contributed by atoms with van der Waals surface area (Å²) in [5.41, 5.74) is 4.39. The van der Waals surface area contributed by atoms with Crippen LogP contribution in [0.1, 0.15) is 18.5 Å². The lowest BCUT2D eigenvalue weighted by molar-refractivity contribution is -0.384. The van der Waals surface area contributed by atoms with E-state index >= 15 is 0 Å². The molecule has 2 heterocycles. The van der Waals surface area contributed by atoms with Gasteiger partial charge in [0.1, 0.15) is 0 Å². The van der Waals surface area contributed by atoms with Crippen molar-refractivity contribution >= 4 is 46.2 Å². The van der Waals surface area contributed by atoms with E-state index in [0.717, 1.165) is 16.8 Å². The van der Waals surface area contributed by atoms with E-state index in [0.29, 0.717) is 32.8 Å². The van der Waals surface area contributed by atoms with E-state index in [1.54, 1.807) is 23.7 Å². The number of nitro groups is 1. The molecule has 38 heavy (non-hydrogen) atoms. The Morgan fingerprint density at radius 3 is 2.42 bits per heavy atom. The van der Waals surface area contributed by atoms with Crippen LogP contribution < -0.4 is 16.0 Å². The number of hydrogen-bond donors (Lipinski definition) is 3. The number of anilines is 1. The molecule has 3 aromatic carbocycles. The van der Waals surface area contributed by atoms with E-state index in [1.807, 2.05) is 48.7 Å². The Hall–Kier alpha value is -4.54. The molecule has 1 aliphatic rings. The van der Waals surface area contributed by atoms with Crippen LogP contribution in [0.15, 0.2) is 96.3 Å². The van der Waals surface area contributed by atoms with Crippen molar-refractivity contribution in [2.24, 2.45) is 0 Å². The number of rotatable bonds is 6. The molecule has 0 unspecified atom stereocenters. The van der Waals surface area contributed by atoms with Crippen LogP contribution in [0.25, 0.3) is 16.9 Å². The number of para-hydroxylation sites is 1. The molecule has 0 aliphatic carbocycles. The Bertz CT molecular complexity index is 1570. The van der Waals surface area contributed by atoms with Gasteiger partial charge in [0, 0.05) is 45.9 Å². The van der Waals surface area contributed by atoms with Crippen LogP contribution >= 0.6 is 23.8 Å². The molecular weight excluding hydrogens is 524 g/mol. The van der Waals surface area contributed by atoms with Crippen LogP contribution in [0.5, 0.6) is 0 Å². The zero-order valence-electron chi connectivity index (χ0n) is 20.0. The normalized spacial score (nSPS) is 15.0. The Morgan fingerprint density at radius 2 is 1.76 bits per heavy atom. The summed E-state index contributed by atoms with van der Waals surface area (Å²) in [6.45, 7) is 1.77. The lowest BCUT2D eigenvalue weighted by Gasteiger charge is -2.30. The molecule has 3 N–H and O–H groups in total. The maximum absolute atomic E-state index is 13.6. The maximum Gasteiger partial charge on any atom is 0.269 e. The van der Waals surface area contributed by atoms with Crippen LogP contribution in [-0.2, 0) is 4.79 Å². The number of halogens is 1. The molecule has 0 saturated carbocycles. The van der Waals surface area contributed by atoms with Gasteiger partial charge in [-0.2, -0.15) is 5.10 Å². The number of benzene rings is 3. The van der Waals surface area contributed by atoms with Crippen molar-refractivity contribution in [2.45, 2.75) is 13.0 Å². The van der Waals surface area contributed by atoms with Gasteiger partial charge in [-0.1, -0.05) is 41.9 Å². The van der Waals surface area contributed by atoms with Crippen molar-refractivity contribution in [2.75, 3.05) is 5.32 Å². The Labute approximate surface area is 228 Å². The van der Waals surface area contributed by atoms with Crippen LogP contribution in [0.3, 0.4) is 0 Å².